The minimum atomic E-state index is -0.801. The van der Waals surface area contributed by atoms with Crippen LogP contribution in [0.3, 0.4) is 0 Å². The molecule has 1 heterocycles. The maximum atomic E-state index is 13.5. The number of ether oxygens (including phenoxy) is 1. The van der Waals surface area contributed by atoms with E-state index >= 15 is 0 Å². The molecule has 104 valence electrons. The molecule has 5 heteroatoms. The van der Waals surface area contributed by atoms with Gasteiger partial charge in [0.25, 0.3) is 0 Å². The molecule has 0 bridgehead atoms. The smallest absolute Gasteiger partial charge is 0.182 e. The van der Waals surface area contributed by atoms with Crippen molar-refractivity contribution in [2.45, 2.75) is 18.9 Å². The first-order chi connectivity index (χ1) is 9.09. The van der Waals surface area contributed by atoms with Crippen molar-refractivity contribution in [2.24, 2.45) is 0 Å². The molecule has 0 spiro atoms. The molecule has 3 nitrogen and oxygen atoms in total. The molecule has 1 saturated heterocycles. The minimum Gasteiger partial charge on any atom is -0.381 e. The fourth-order valence-corrected chi connectivity index (χ4v) is 2.32. The van der Waals surface area contributed by atoms with E-state index in [1.807, 2.05) is 4.90 Å². The molecule has 0 radical (unpaired) electrons. The third-order valence-electron chi connectivity index (χ3n) is 3.45. The summed E-state index contributed by atoms with van der Waals surface area (Å²) >= 11 is 0. The van der Waals surface area contributed by atoms with E-state index in [0.29, 0.717) is 13.2 Å². The van der Waals surface area contributed by atoms with Gasteiger partial charge in [0.05, 0.1) is 12.1 Å². The van der Waals surface area contributed by atoms with Crippen molar-refractivity contribution in [1.29, 1.82) is 0 Å². The van der Waals surface area contributed by atoms with Gasteiger partial charge in [-0.25, -0.2) is 8.78 Å². The maximum absolute atomic E-state index is 13.5. The molecule has 1 aromatic carbocycles. The van der Waals surface area contributed by atoms with Crippen LogP contribution in [0.5, 0.6) is 0 Å². The summed E-state index contributed by atoms with van der Waals surface area (Å²) in [6.45, 7) is 1.34. The van der Waals surface area contributed by atoms with Crippen LogP contribution in [0, 0.1) is 11.6 Å². The van der Waals surface area contributed by atoms with Crippen LogP contribution in [0.25, 0.3) is 0 Å². The topological polar surface area (TPSA) is 29.5 Å². The molecule has 0 aliphatic carbocycles. The molecule has 0 aromatic heterocycles. The predicted molar refractivity (Wildman–Crippen MR) is 67.2 cm³/mol. The summed E-state index contributed by atoms with van der Waals surface area (Å²) in [5.74, 6) is -2.12. The van der Waals surface area contributed by atoms with Gasteiger partial charge in [0.1, 0.15) is 11.6 Å². The molecular formula is C14H17F2NO2. The highest BCUT2D eigenvalue weighted by atomic mass is 19.1. The van der Waals surface area contributed by atoms with Gasteiger partial charge >= 0.3 is 0 Å². The van der Waals surface area contributed by atoms with E-state index in [1.54, 1.807) is 7.05 Å². The third kappa shape index (κ3) is 3.36. The second kappa shape index (κ2) is 6.21. The molecular weight excluding hydrogens is 252 g/mol. The summed E-state index contributed by atoms with van der Waals surface area (Å²) in [5, 5.41) is 0. The maximum Gasteiger partial charge on any atom is 0.182 e. The van der Waals surface area contributed by atoms with Crippen LogP contribution in [0.4, 0.5) is 8.78 Å². The number of rotatable bonds is 4. The predicted octanol–water partition coefficient (Wildman–Crippen LogP) is 2.26. The normalized spacial score (nSPS) is 16.8. The fourth-order valence-electron chi connectivity index (χ4n) is 2.32. The Morgan fingerprint density at radius 2 is 1.89 bits per heavy atom. The fraction of sp³-hybridized carbons (Fsp3) is 0.500. The van der Waals surface area contributed by atoms with E-state index in [4.69, 9.17) is 4.74 Å². The van der Waals surface area contributed by atoms with Crippen molar-refractivity contribution >= 4 is 5.78 Å². The number of carbonyl (C=O) groups excluding carboxylic acids is 1. The summed E-state index contributed by atoms with van der Waals surface area (Å²) in [6.07, 6.45) is 1.67. The van der Waals surface area contributed by atoms with Crippen LogP contribution in [0.2, 0.25) is 0 Å². The highest BCUT2D eigenvalue weighted by Gasteiger charge is 2.23. The molecule has 0 unspecified atom stereocenters. The SMILES string of the molecule is CN(CC(=O)c1c(F)cccc1F)C1CCOCC1. The average Bonchev–Trinajstić information content (AvgIpc) is 2.39. The second-order valence-electron chi connectivity index (χ2n) is 4.78. The van der Waals surface area contributed by atoms with Gasteiger partial charge in [-0.3, -0.25) is 9.69 Å². The minimum absolute atomic E-state index is 0.0164. The second-order valence-corrected chi connectivity index (χ2v) is 4.78. The Labute approximate surface area is 111 Å². The van der Waals surface area contributed by atoms with Crippen molar-refractivity contribution in [2.75, 3.05) is 26.8 Å². The van der Waals surface area contributed by atoms with Gasteiger partial charge in [-0.1, -0.05) is 6.07 Å². The van der Waals surface area contributed by atoms with Crippen molar-refractivity contribution in [3.63, 3.8) is 0 Å². The summed E-state index contributed by atoms with van der Waals surface area (Å²) in [5.41, 5.74) is -0.443. The largest absolute Gasteiger partial charge is 0.381 e. The van der Waals surface area contributed by atoms with Crippen LogP contribution in [0.1, 0.15) is 23.2 Å². The van der Waals surface area contributed by atoms with Crippen LogP contribution in [0.15, 0.2) is 18.2 Å². The summed E-state index contributed by atoms with van der Waals surface area (Å²) in [7, 11) is 1.80. The van der Waals surface area contributed by atoms with E-state index in [9.17, 15) is 13.6 Å². The molecule has 1 fully saturated rings. The van der Waals surface area contributed by atoms with Gasteiger partial charge in [0.15, 0.2) is 5.78 Å². The Hall–Kier alpha value is -1.33. The number of hydrogen-bond acceptors (Lipinski definition) is 3. The van der Waals surface area contributed by atoms with Crippen molar-refractivity contribution in [1.82, 2.24) is 4.90 Å². The lowest BCUT2D eigenvalue weighted by molar-refractivity contribution is 0.0417. The lowest BCUT2D eigenvalue weighted by Gasteiger charge is -2.30. The Bertz CT molecular complexity index is 439. The summed E-state index contributed by atoms with van der Waals surface area (Å²) in [6, 6.07) is 3.69. The zero-order valence-corrected chi connectivity index (χ0v) is 10.9. The number of ketones is 1. The van der Waals surface area contributed by atoms with E-state index in [-0.39, 0.29) is 12.6 Å². The molecule has 0 atom stereocenters. The van der Waals surface area contributed by atoms with Gasteiger partial charge in [-0.2, -0.15) is 0 Å². The number of benzene rings is 1. The molecule has 2 rings (SSSR count). The Morgan fingerprint density at radius 3 is 2.47 bits per heavy atom. The van der Waals surface area contributed by atoms with Gasteiger partial charge < -0.3 is 4.74 Å². The van der Waals surface area contributed by atoms with Crippen molar-refractivity contribution in [3.8, 4) is 0 Å². The first-order valence-corrected chi connectivity index (χ1v) is 6.35. The number of likely N-dealkylation sites (N-methyl/N-ethyl adjacent to an activating group) is 1. The monoisotopic (exact) mass is 269 g/mol. The number of carbonyl (C=O) groups is 1. The van der Waals surface area contributed by atoms with Gasteiger partial charge in [0.2, 0.25) is 0 Å². The molecule has 0 N–H and O–H groups in total. The van der Waals surface area contributed by atoms with E-state index in [1.165, 1.54) is 6.07 Å². The highest BCUT2D eigenvalue weighted by Crippen LogP contribution is 2.16. The molecule has 0 saturated carbocycles. The first kappa shape index (κ1) is 14.1. The first-order valence-electron chi connectivity index (χ1n) is 6.35. The quantitative estimate of drug-likeness (QED) is 0.785. The molecule has 0 amide bonds. The molecule has 19 heavy (non-hydrogen) atoms. The zero-order valence-electron chi connectivity index (χ0n) is 10.9. The molecule has 1 aromatic rings. The van der Waals surface area contributed by atoms with E-state index in [0.717, 1.165) is 25.0 Å². The van der Waals surface area contributed by atoms with Crippen LogP contribution in [-0.2, 0) is 4.74 Å². The van der Waals surface area contributed by atoms with Gasteiger partial charge in [-0.05, 0) is 32.0 Å². The lowest BCUT2D eigenvalue weighted by atomic mass is 10.1. The summed E-state index contributed by atoms with van der Waals surface area (Å²) < 4.78 is 32.2. The molecule has 1 aliphatic heterocycles. The van der Waals surface area contributed by atoms with E-state index < -0.39 is 23.0 Å². The number of Topliss-reactive ketones (excluding diaryl/α,β-unsaturated/α-hetero) is 1. The Kier molecular flexibility index (Phi) is 4.61. The Balaban J connectivity index is 2.04. The van der Waals surface area contributed by atoms with Gasteiger partial charge in [0, 0.05) is 19.3 Å². The summed E-state index contributed by atoms with van der Waals surface area (Å²) in [4.78, 5) is 13.8. The number of halogens is 2. The average molecular weight is 269 g/mol. The van der Waals surface area contributed by atoms with E-state index in [2.05, 4.69) is 0 Å². The third-order valence-corrected chi connectivity index (χ3v) is 3.45. The zero-order chi connectivity index (χ0) is 13.8. The van der Waals surface area contributed by atoms with Crippen LogP contribution < -0.4 is 0 Å². The highest BCUT2D eigenvalue weighted by molar-refractivity contribution is 5.98. The molecule has 1 aliphatic rings. The van der Waals surface area contributed by atoms with Crippen LogP contribution >= 0.6 is 0 Å². The van der Waals surface area contributed by atoms with Crippen molar-refractivity contribution < 1.29 is 18.3 Å². The van der Waals surface area contributed by atoms with Crippen LogP contribution in [-0.4, -0.2) is 43.5 Å². The number of nitrogens with zero attached hydrogens (tertiary/aromatic N) is 1. The standard InChI is InChI=1S/C14H17F2NO2/c1-17(10-5-7-19-8-6-10)9-13(18)14-11(15)3-2-4-12(14)16/h2-4,10H,5-9H2,1H3. The Morgan fingerprint density at radius 1 is 1.32 bits per heavy atom. The van der Waals surface area contributed by atoms with Gasteiger partial charge in [-0.15, -0.1) is 0 Å². The lowest BCUT2D eigenvalue weighted by Crippen LogP contribution is -2.39. The van der Waals surface area contributed by atoms with Crippen molar-refractivity contribution in [3.05, 3.63) is 35.4 Å². The number of hydrogen-bond donors (Lipinski definition) is 0.